The Labute approximate surface area is 827 Å². The van der Waals surface area contributed by atoms with E-state index in [0.717, 1.165) is 64.5 Å². The van der Waals surface area contributed by atoms with Crippen LogP contribution in [-0.4, -0.2) is 142 Å². The van der Waals surface area contributed by atoms with Crippen LogP contribution in [0.3, 0.4) is 0 Å². The molecule has 0 spiro atoms. The van der Waals surface area contributed by atoms with Crippen molar-refractivity contribution in [2.24, 2.45) is 11.1 Å². The first-order valence-electron chi connectivity index (χ1n) is 47.5. The van der Waals surface area contributed by atoms with Gasteiger partial charge in [0, 0.05) is 44.3 Å². The zero-order valence-corrected chi connectivity index (χ0v) is 89.6. The van der Waals surface area contributed by atoms with Crippen LogP contribution in [0.2, 0.25) is 10.0 Å². The highest BCUT2D eigenvalue weighted by Crippen LogP contribution is 2.52. The lowest BCUT2D eigenvalue weighted by Crippen LogP contribution is -2.53. The zero-order valence-electron chi connectivity index (χ0n) is 87.3. The van der Waals surface area contributed by atoms with Crippen LogP contribution >= 0.6 is 23.2 Å². The van der Waals surface area contributed by atoms with Crippen molar-refractivity contribution in [2.75, 3.05) is 98.9 Å². The highest BCUT2D eigenvalue weighted by molar-refractivity contribution is 7.90. The van der Waals surface area contributed by atoms with E-state index in [0.29, 0.717) is 92.0 Å². The van der Waals surface area contributed by atoms with Crippen LogP contribution in [-0.2, 0) is 72.1 Å². The van der Waals surface area contributed by atoms with Gasteiger partial charge in [0.1, 0.15) is 70.6 Å². The van der Waals surface area contributed by atoms with E-state index in [4.69, 9.17) is 81.0 Å². The van der Waals surface area contributed by atoms with Crippen molar-refractivity contribution >= 4 is 33.0 Å². The first kappa shape index (κ1) is 120. The van der Waals surface area contributed by atoms with Crippen LogP contribution in [0.4, 0.5) is 26.3 Å². The third kappa shape index (κ3) is 44.8. The fourth-order valence-electron chi connectivity index (χ4n) is 14.2. The summed E-state index contributed by atoms with van der Waals surface area (Å²) in [6, 6.07) is 49.9. The van der Waals surface area contributed by atoms with Crippen molar-refractivity contribution in [1.29, 1.82) is 0 Å². The molecule has 8 aromatic rings. The van der Waals surface area contributed by atoms with E-state index in [1.165, 1.54) is 79.7 Å². The van der Waals surface area contributed by atoms with Gasteiger partial charge >= 0.3 is 6.36 Å². The molecule has 0 radical (unpaired) electrons. The number of aliphatic hydroxyl groups is 1. The highest BCUT2D eigenvalue weighted by atomic mass is 35.5. The minimum atomic E-state index is -4.63. The van der Waals surface area contributed by atoms with Gasteiger partial charge in [-0.25, -0.2) is 21.6 Å². The quantitative estimate of drug-likeness (QED) is 0.0428. The maximum absolute atomic E-state index is 13.9. The summed E-state index contributed by atoms with van der Waals surface area (Å²) in [5, 5.41) is 10.8. The van der Waals surface area contributed by atoms with Crippen LogP contribution in [0.15, 0.2) is 164 Å². The zero-order chi connectivity index (χ0) is 103. The van der Waals surface area contributed by atoms with Crippen molar-refractivity contribution in [3.05, 3.63) is 236 Å². The Kier molecular flexibility index (Phi) is 45.5. The largest absolute Gasteiger partial charge is 0.573 e. The van der Waals surface area contributed by atoms with E-state index in [1.54, 1.807) is 70.5 Å². The lowest BCUT2D eigenvalue weighted by atomic mass is 9.58. The molecule has 13 rings (SSSR count). The number of sulfone groups is 1. The van der Waals surface area contributed by atoms with Crippen molar-refractivity contribution in [3.63, 3.8) is 0 Å². The standard InChI is InChI=1S/C19H29NO.C14H21ClO2.C14H21FO3S.2C14H19FO2.C13H19ClO2.C13H20O2.C11H13F3O/c1-17(2,3)15-4-6-16(7-5-15)21-14-18-8-11-19(20,12-9-18)13-10-18;1-13(2,3)10-6-7-11(15)12(8-10)17-9-14(4,5)16;1-14(2,3)11-6-7-13(12(15)10-11)18-8-5-9-19(4,16)17;2*1-14(2,3)10-4-5-13(12(15)8-10)17-11-6-7-16-9-11;1-13(2,3)10-5-6-11(14)12(9-10)16-8-7-15-4;1-13(2,3)11-5-7-12(8-6-11)15-10-9-14-4;1-10(2,3)8-5-4-6-9(7-8)15-11(12,13)14/h4-7H,8-14,20H2,1-3H3;6-8,16H,9H2,1-5H3;6-7,10H,5,8-9H2,1-4H3;2*4-5,8,11H,6-7,9H2,1-3H3;5-6,9H,7-8H2,1-4H3;5-8H,9-10H2,1-4H3;4-7H,1-3H3. The second-order valence-corrected chi connectivity index (χ2v) is 47.9. The van der Waals surface area contributed by atoms with Gasteiger partial charge in [-0.15, -0.1) is 13.2 Å². The summed E-state index contributed by atoms with van der Waals surface area (Å²) in [7, 11) is 0.334. The average Bonchev–Trinajstić information content (AvgIpc) is 1.72. The van der Waals surface area contributed by atoms with Crippen molar-refractivity contribution in [2.45, 2.75) is 311 Å². The summed E-state index contributed by atoms with van der Waals surface area (Å²) >= 11 is 12.1. The molecule has 25 heteroatoms. The highest BCUT2D eigenvalue weighted by Gasteiger charge is 2.47. The number of rotatable bonds is 24. The summed E-state index contributed by atoms with van der Waals surface area (Å²) in [5.41, 5.74) is 14.9. The summed E-state index contributed by atoms with van der Waals surface area (Å²) in [4.78, 5) is 0. The molecule has 3 aliphatic carbocycles. The molecule has 5 aliphatic rings. The summed E-state index contributed by atoms with van der Waals surface area (Å²) in [5.74, 6) is 2.98. The first-order chi connectivity index (χ1) is 63.1. The maximum Gasteiger partial charge on any atom is 0.573 e. The Balaban J connectivity index is 0.000000277. The van der Waals surface area contributed by atoms with Gasteiger partial charge in [-0.05, 0) is 244 Å². The molecule has 2 aliphatic heterocycles. The third-order valence-corrected chi connectivity index (χ3v) is 25.0. The molecule has 2 saturated heterocycles. The van der Waals surface area contributed by atoms with E-state index < -0.39 is 27.6 Å². The molecule has 137 heavy (non-hydrogen) atoms. The SMILES string of the molecule is CC(C)(C)c1ccc(OC2CCOC2)c(F)c1.CC(C)(C)c1ccc(OC2CCOC2)c(F)c1.CC(C)(C)c1ccc(OCC23CCC(N)(CC2)CC3)cc1.CC(C)(C)c1ccc(OCCCS(C)(=O)=O)c(F)c1.CC(C)(C)c1cccc(OC(F)(F)F)c1.CC(C)(O)COc1cc(C(C)(C)C)ccc1Cl.COCCOc1cc(C(C)(C)C)ccc1Cl.COCCOc1ccc(C(C)(C)C)cc1. The number of hydrogen-bond acceptors (Lipinski definition) is 16. The summed E-state index contributed by atoms with van der Waals surface area (Å²) in [6.07, 6.45) is 5.81. The van der Waals surface area contributed by atoms with E-state index in [2.05, 4.69) is 166 Å². The fourth-order valence-corrected chi connectivity index (χ4v) is 15.2. The number of hydrogen-bond donors (Lipinski definition) is 2. The predicted octanol–water partition coefficient (Wildman–Crippen LogP) is 28.3. The number of alkyl halides is 3. The average molecular weight is 1980 g/mol. The number of halogens is 8. The molecule has 2 unspecified atom stereocenters. The number of methoxy groups -OCH3 is 2. The molecular weight excluding hydrogens is 1820 g/mol. The summed E-state index contributed by atoms with van der Waals surface area (Å²) < 4.78 is 162. The topological polar surface area (TPSA) is 191 Å². The molecule has 2 heterocycles. The molecule has 8 aromatic carbocycles. The molecule has 0 amide bonds. The van der Waals surface area contributed by atoms with Gasteiger partial charge < -0.3 is 67.7 Å². The van der Waals surface area contributed by atoms with Gasteiger partial charge in [-0.1, -0.05) is 256 Å². The number of nitrogens with two attached hydrogens (primary N) is 1. The molecule has 16 nitrogen and oxygen atoms in total. The Morgan fingerprint density at radius 2 is 0.730 bits per heavy atom. The van der Waals surface area contributed by atoms with Crippen LogP contribution in [0.1, 0.15) is 282 Å². The van der Waals surface area contributed by atoms with Crippen LogP contribution in [0.5, 0.6) is 46.0 Å². The van der Waals surface area contributed by atoms with Crippen LogP contribution in [0, 0.1) is 22.9 Å². The molecule has 0 aromatic heterocycles. The van der Waals surface area contributed by atoms with Gasteiger partial charge in [0.15, 0.2) is 34.7 Å². The monoisotopic (exact) mass is 1980 g/mol. The minimum absolute atomic E-state index is 0.00927. The van der Waals surface area contributed by atoms with E-state index >= 15 is 0 Å². The second-order valence-electron chi connectivity index (χ2n) is 44.8. The Hall–Kier alpha value is -7.97. The molecule has 2 atom stereocenters. The number of fused-ring (bicyclic) bond motifs is 3. The van der Waals surface area contributed by atoms with E-state index in [9.17, 15) is 39.9 Å². The molecule has 3 saturated carbocycles. The molecule has 5 fully saturated rings. The first-order valence-corrected chi connectivity index (χ1v) is 50.3. The fraction of sp³-hybridized carbons (Fsp3) is 0.571. The second kappa shape index (κ2) is 52.2. The van der Waals surface area contributed by atoms with Gasteiger partial charge in [-0.3, -0.25) is 0 Å². The molecule has 766 valence electrons. The van der Waals surface area contributed by atoms with Gasteiger partial charge in [0.25, 0.3) is 0 Å². The van der Waals surface area contributed by atoms with Crippen molar-refractivity contribution in [3.8, 4) is 46.0 Å². The lowest BCUT2D eigenvalue weighted by molar-refractivity contribution is -0.274. The van der Waals surface area contributed by atoms with Crippen molar-refractivity contribution < 1.29 is 96.7 Å². The number of ether oxygens (including phenoxy) is 12. The molecular formula is C112H161Cl2F6NO15S. The predicted molar refractivity (Wildman–Crippen MR) is 546 cm³/mol. The Morgan fingerprint density at radius 3 is 1.07 bits per heavy atom. The van der Waals surface area contributed by atoms with E-state index in [-0.39, 0.29) is 103 Å². The molecule has 3 N–H and O–H groups in total. The van der Waals surface area contributed by atoms with Gasteiger partial charge in [0.2, 0.25) is 0 Å². The lowest BCUT2D eigenvalue weighted by Gasteiger charge is -2.51. The van der Waals surface area contributed by atoms with Crippen LogP contribution < -0.4 is 43.6 Å². The normalized spacial score (nSPS) is 17.3. The molecule has 2 bridgehead atoms. The smallest absolute Gasteiger partial charge is 0.493 e. The third-order valence-electron chi connectivity index (χ3n) is 23.3. The van der Waals surface area contributed by atoms with Crippen LogP contribution in [0.25, 0.3) is 0 Å². The maximum atomic E-state index is 13.9. The van der Waals surface area contributed by atoms with Gasteiger partial charge in [-0.2, -0.15) is 0 Å². The Morgan fingerprint density at radius 1 is 0.394 bits per heavy atom. The van der Waals surface area contributed by atoms with Crippen molar-refractivity contribution in [1.82, 2.24) is 0 Å². The summed E-state index contributed by atoms with van der Waals surface area (Å²) in [6.45, 7) is 59.9. The van der Waals surface area contributed by atoms with E-state index in [1.807, 2.05) is 108 Å². The Bertz CT molecular complexity index is 4950. The minimum Gasteiger partial charge on any atom is -0.493 e. The number of benzene rings is 8. The van der Waals surface area contributed by atoms with Gasteiger partial charge in [0.05, 0.1) is 74.3 Å².